The molecule has 2 rings (SSSR count). The van der Waals surface area contributed by atoms with Gasteiger partial charge in [0.25, 0.3) is 0 Å². The summed E-state index contributed by atoms with van der Waals surface area (Å²) in [6.07, 6.45) is 6.15. The highest BCUT2D eigenvalue weighted by Crippen LogP contribution is 2.27. The molecule has 0 aromatic carbocycles. The number of anilines is 1. The molecule has 2 unspecified atom stereocenters. The lowest BCUT2D eigenvalue weighted by molar-refractivity contribution is 0.0697. The molecule has 1 saturated carbocycles. The minimum absolute atomic E-state index is 0.263. The monoisotopic (exact) mass is 248 g/mol. The van der Waals surface area contributed by atoms with Crippen molar-refractivity contribution in [3.8, 4) is 0 Å². The second-order valence-electron chi connectivity index (χ2n) is 5.29. The van der Waals surface area contributed by atoms with Crippen LogP contribution in [0.1, 0.15) is 48.7 Å². The molecule has 4 nitrogen and oxygen atoms in total. The zero-order valence-electron chi connectivity index (χ0n) is 10.9. The number of pyridine rings is 1. The number of aromatic carboxylic acids is 1. The first kappa shape index (κ1) is 12.9. The molecule has 0 aliphatic heterocycles. The third-order valence-electron chi connectivity index (χ3n) is 3.57. The lowest BCUT2D eigenvalue weighted by Gasteiger charge is -2.28. The van der Waals surface area contributed by atoms with Crippen LogP contribution >= 0.6 is 0 Å². The molecular formula is C14H20N2O2. The first-order valence-corrected chi connectivity index (χ1v) is 6.52. The van der Waals surface area contributed by atoms with Gasteiger partial charge in [-0.05, 0) is 31.7 Å². The van der Waals surface area contributed by atoms with E-state index in [-0.39, 0.29) is 5.56 Å². The van der Waals surface area contributed by atoms with Crippen LogP contribution in [-0.4, -0.2) is 22.1 Å². The van der Waals surface area contributed by atoms with E-state index in [2.05, 4.69) is 17.2 Å². The van der Waals surface area contributed by atoms with Crippen molar-refractivity contribution >= 4 is 11.7 Å². The molecule has 98 valence electrons. The molecule has 0 spiro atoms. The van der Waals surface area contributed by atoms with Crippen molar-refractivity contribution in [2.45, 2.75) is 45.6 Å². The van der Waals surface area contributed by atoms with Crippen LogP contribution in [0.4, 0.5) is 5.69 Å². The van der Waals surface area contributed by atoms with Crippen molar-refractivity contribution in [2.75, 3.05) is 5.32 Å². The summed E-state index contributed by atoms with van der Waals surface area (Å²) in [7, 11) is 0. The van der Waals surface area contributed by atoms with Crippen molar-refractivity contribution in [3.05, 3.63) is 23.5 Å². The summed E-state index contributed by atoms with van der Waals surface area (Å²) in [5.74, 6) is -0.207. The Balaban J connectivity index is 2.16. The molecule has 2 N–H and O–H groups in total. The van der Waals surface area contributed by atoms with Crippen LogP contribution in [0.15, 0.2) is 12.3 Å². The van der Waals surface area contributed by atoms with E-state index in [1.54, 1.807) is 0 Å². The first-order valence-electron chi connectivity index (χ1n) is 6.52. The Morgan fingerprint density at radius 1 is 1.50 bits per heavy atom. The molecule has 1 aromatic heterocycles. The summed E-state index contributed by atoms with van der Waals surface area (Å²) in [4.78, 5) is 15.2. The van der Waals surface area contributed by atoms with Crippen molar-refractivity contribution in [1.29, 1.82) is 0 Å². The quantitative estimate of drug-likeness (QED) is 0.863. The van der Waals surface area contributed by atoms with Crippen molar-refractivity contribution < 1.29 is 9.90 Å². The summed E-state index contributed by atoms with van der Waals surface area (Å²) in [5, 5.41) is 12.5. The summed E-state index contributed by atoms with van der Waals surface area (Å²) in [6, 6.07) is 2.21. The minimum atomic E-state index is -0.922. The van der Waals surface area contributed by atoms with Crippen LogP contribution in [0.25, 0.3) is 0 Å². The molecule has 0 amide bonds. The Morgan fingerprint density at radius 2 is 2.28 bits per heavy atom. The van der Waals surface area contributed by atoms with Gasteiger partial charge in [-0.1, -0.05) is 19.8 Å². The fourth-order valence-electron chi connectivity index (χ4n) is 2.63. The molecule has 4 heteroatoms. The van der Waals surface area contributed by atoms with Gasteiger partial charge >= 0.3 is 5.97 Å². The van der Waals surface area contributed by atoms with Crippen LogP contribution < -0.4 is 5.32 Å². The van der Waals surface area contributed by atoms with E-state index in [9.17, 15) is 4.79 Å². The molecule has 1 fully saturated rings. The van der Waals surface area contributed by atoms with E-state index in [0.29, 0.717) is 17.6 Å². The maximum atomic E-state index is 11.2. The maximum absolute atomic E-state index is 11.2. The number of hydrogen-bond donors (Lipinski definition) is 2. The highest BCUT2D eigenvalue weighted by Gasteiger charge is 2.20. The lowest BCUT2D eigenvalue weighted by Crippen LogP contribution is -2.27. The molecule has 1 aliphatic carbocycles. The van der Waals surface area contributed by atoms with Crippen LogP contribution in [0.2, 0.25) is 0 Å². The molecule has 1 heterocycles. The third kappa shape index (κ3) is 3.00. The van der Waals surface area contributed by atoms with Gasteiger partial charge in [0.15, 0.2) is 0 Å². The number of aromatic nitrogens is 1. The molecular weight excluding hydrogens is 228 g/mol. The Hall–Kier alpha value is -1.58. The average molecular weight is 248 g/mol. The summed E-state index contributed by atoms with van der Waals surface area (Å²) in [5.41, 5.74) is 1.80. The molecule has 1 aromatic rings. The second-order valence-corrected chi connectivity index (χ2v) is 5.29. The second kappa shape index (κ2) is 5.38. The Kier molecular flexibility index (Phi) is 3.84. The Morgan fingerprint density at radius 3 is 2.94 bits per heavy atom. The largest absolute Gasteiger partial charge is 0.478 e. The zero-order valence-corrected chi connectivity index (χ0v) is 10.9. The number of hydrogen-bond acceptors (Lipinski definition) is 3. The van der Waals surface area contributed by atoms with Crippen LogP contribution in [0.3, 0.4) is 0 Å². The molecule has 0 radical (unpaired) electrons. The molecule has 18 heavy (non-hydrogen) atoms. The van der Waals surface area contributed by atoms with E-state index >= 15 is 0 Å². The SMILES string of the molecule is Cc1cc(NC2CCCC(C)C2)c(C(=O)O)cn1. The number of carboxylic acids is 1. The predicted octanol–water partition coefficient (Wildman–Crippen LogP) is 3.08. The van der Waals surface area contributed by atoms with Crippen LogP contribution in [0, 0.1) is 12.8 Å². The number of carboxylic acid groups (broad SMARTS) is 1. The van der Waals surface area contributed by atoms with Gasteiger partial charge < -0.3 is 10.4 Å². The minimum Gasteiger partial charge on any atom is -0.478 e. The summed E-state index contributed by atoms with van der Waals surface area (Å²) < 4.78 is 0. The van der Waals surface area contributed by atoms with E-state index in [1.165, 1.54) is 19.0 Å². The molecule has 0 saturated heterocycles. The Bertz CT molecular complexity index is 445. The number of nitrogens with zero attached hydrogens (tertiary/aromatic N) is 1. The number of carbonyl (C=O) groups is 1. The fraction of sp³-hybridized carbons (Fsp3) is 0.571. The summed E-state index contributed by atoms with van der Waals surface area (Å²) >= 11 is 0. The average Bonchev–Trinajstić information content (AvgIpc) is 2.28. The van der Waals surface area contributed by atoms with Gasteiger partial charge in [-0.2, -0.15) is 0 Å². The van der Waals surface area contributed by atoms with E-state index in [0.717, 1.165) is 18.5 Å². The topological polar surface area (TPSA) is 62.2 Å². The predicted molar refractivity (Wildman–Crippen MR) is 71.0 cm³/mol. The van der Waals surface area contributed by atoms with Crippen molar-refractivity contribution in [2.24, 2.45) is 5.92 Å². The van der Waals surface area contributed by atoms with E-state index in [4.69, 9.17) is 5.11 Å². The highest BCUT2D eigenvalue weighted by molar-refractivity contribution is 5.93. The lowest BCUT2D eigenvalue weighted by atomic mass is 9.87. The molecule has 2 atom stereocenters. The van der Waals surface area contributed by atoms with Crippen molar-refractivity contribution in [3.63, 3.8) is 0 Å². The highest BCUT2D eigenvalue weighted by atomic mass is 16.4. The van der Waals surface area contributed by atoms with Gasteiger partial charge in [0.1, 0.15) is 5.56 Å². The van der Waals surface area contributed by atoms with Gasteiger partial charge in [-0.15, -0.1) is 0 Å². The third-order valence-corrected chi connectivity index (χ3v) is 3.57. The standard InChI is InChI=1S/C14H20N2O2/c1-9-4-3-5-11(6-9)16-13-7-10(2)15-8-12(13)14(17)18/h7-9,11H,3-6H2,1-2H3,(H,15,16)(H,17,18). The van der Waals surface area contributed by atoms with Gasteiger partial charge in [-0.25, -0.2) is 4.79 Å². The maximum Gasteiger partial charge on any atom is 0.339 e. The van der Waals surface area contributed by atoms with Crippen LogP contribution in [-0.2, 0) is 0 Å². The van der Waals surface area contributed by atoms with E-state index in [1.807, 2.05) is 13.0 Å². The van der Waals surface area contributed by atoms with Gasteiger partial charge in [-0.3, -0.25) is 4.98 Å². The van der Waals surface area contributed by atoms with Gasteiger partial charge in [0.05, 0.1) is 5.69 Å². The number of nitrogens with one attached hydrogen (secondary N) is 1. The summed E-state index contributed by atoms with van der Waals surface area (Å²) in [6.45, 7) is 4.13. The molecule has 0 bridgehead atoms. The normalized spacial score (nSPS) is 23.7. The number of aryl methyl sites for hydroxylation is 1. The Labute approximate surface area is 107 Å². The van der Waals surface area contributed by atoms with Gasteiger partial charge in [0, 0.05) is 17.9 Å². The first-order chi connectivity index (χ1) is 8.56. The van der Waals surface area contributed by atoms with Crippen LogP contribution in [0.5, 0.6) is 0 Å². The fourth-order valence-corrected chi connectivity index (χ4v) is 2.63. The van der Waals surface area contributed by atoms with Gasteiger partial charge in [0.2, 0.25) is 0 Å². The van der Waals surface area contributed by atoms with Crippen molar-refractivity contribution in [1.82, 2.24) is 4.98 Å². The van der Waals surface area contributed by atoms with E-state index < -0.39 is 5.97 Å². The molecule has 1 aliphatic rings. The number of rotatable bonds is 3. The smallest absolute Gasteiger partial charge is 0.339 e. The zero-order chi connectivity index (χ0) is 13.1.